The highest BCUT2D eigenvalue weighted by molar-refractivity contribution is 5.69. The quantitative estimate of drug-likeness (QED) is 0.185. The van der Waals surface area contributed by atoms with Crippen LogP contribution in [0.15, 0.2) is 36.5 Å². The van der Waals surface area contributed by atoms with E-state index >= 15 is 0 Å². The maximum Gasteiger partial charge on any atom is 0.305 e. The molecule has 0 fully saturated rings. The van der Waals surface area contributed by atoms with Crippen molar-refractivity contribution in [3.8, 4) is 0 Å². The van der Waals surface area contributed by atoms with Gasteiger partial charge in [-0.05, 0) is 31.8 Å². The van der Waals surface area contributed by atoms with Crippen molar-refractivity contribution in [1.29, 1.82) is 0 Å². The number of carbonyl (C=O) groups excluding carboxylic acids is 2. The van der Waals surface area contributed by atoms with Gasteiger partial charge in [0.15, 0.2) is 0 Å². The number of allylic oxidation sites excluding steroid dienone is 4. The Morgan fingerprint density at radius 3 is 2.36 bits per heavy atom. The first-order valence-corrected chi connectivity index (χ1v) is 9.32. The Kier molecular flexibility index (Phi) is 15.7. The molecule has 0 aliphatic carbocycles. The molecular formula is C21H34O4. The van der Waals surface area contributed by atoms with Crippen molar-refractivity contribution in [2.45, 2.75) is 77.7 Å². The zero-order valence-electron chi connectivity index (χ0n) is 16.0. The SMILES string of the molecule is CC/C=C\C[C@H](/C=C/C=C\CCCCCCCC(=O)OC)OC(C)=O. The minimum absolute atomic E-state index is 0.119. The third-order valence-corrected chi connectivity index (χ3v) is 3.64. The summed E-state index contributed by atoms with van der Waals surface area (Å²) in [7, 11) is 1.43. The molecule has 1 atom stereocenters. The van der Waals surface area contributed by atoms with Crippen LogP contribution in [0, 0.1) is 0 Å². The summed E-state index contributed by atoms with van der Waals surface area (Å²) < 4.78 is 9.87. The van der Waals surface area contributed by atoms with E-state index in [2.05, 4.69) is 23.8 Å². The van der Waals surface area contributed by atoms with Crippen LogP contribution in [0.5, 0.6) is 0 Å². The summed E-state index contributed by atoms with van der Waals surface area (Å²) in [5.74, 6) is -0.373. The molecule has 142 valence electrons. The highest BCUT2D eigenvalue weighted by Gasteiger charge is 2.04. The van der Waals surface area contributed by atoms with Gasteiger partial charge in [0.25, 0.3) is 0 Å². The Bertz CT molecular complexity index is 435. The lowest BCUT2D eigenvalue weighted by atomic mass is 10.1. The largest absolute Gasteiger partial charge is 0.469 e. The molecule has 0 spiro atoms. The second-order valence-corrected chi connectivity index (χ2v) is 5.96. The predicted molar refractivity (Wildman–Crippen MR) is 102 cm³/mol. The number of unbranched alkanes of at least 4 members (excludes halogenated alkanes) is 5. The molecule has 0 rings (SSSR count). The van der Waals surface area contributed by atoms with Crippen LogP contribution < -0.4 is 0 Å². The molecule has 0 bridgehead atoms. The van der Waals surface area contributed by atoms with E-state index in [0.717, 1.165) is 38.5 Å². The first-order valence-electron chi connectivity index (χ1n) is 9.32. The van der Waals surface area contributed by atoms with E-state index < -0.39 is 0 Å². The Hall–Kier alpha value is -1.84. The van der Waals surface area contributed by atoms with Gasteiger partial charge < -0.3 is 9.47 Å². The number of rotatable bonds is 14. The van der Waals surface area contributed by atoms with Crippen molar-refractivity contribution < 1.29 is 19.1 Å². The summed E-state index contributed by atoms with van der Waals surface area (Å²) in [6.45, 7) is 3.51. The number of hydrogen-bond acceptors (Lipinski definition) is 4. The van der Waals surface area contributed by atoms with Crippen molar-refractivity contribution in [3.63, 3.8) is 0 Å². The van der Waals surface area contributed by atoms with Crippen molar-refractivity contribution >= 4 is 11.9 Å². The summed E-state index contributed by atoms with van der Waals surface area (Å²) in [5, 5.41) is 0. The van der Waals surface area contributed by atoms with Crippen molar-refractivity contribution in [3.05, 3.63) is 36.5 Å². The van der Waals surface area contributed by atoms with Crippen LogP contribution in [0.4, 0.5) is 0 Å². The zero-order valence-corrected chi connectivity index (χ0v) is 16.0. The molecule has 0 heterocycles. The van der Waals surface area contributed by atoms with E-state index in [1.54, 1.807) is 0 Å². The second-order valence-electron chi connectivity index (χ2n) is 5.96. The lowest BCUT2D eigenvalue weighted by Gasteiger charge is -2.10. The van der Waals surface area contributed by atoms with Crippen molar-refractivity contribution in [2.75, 3.05) is 7.11 Å². The molecule has 0 aliphatic rings. The van der Waals surface area contributed by atoms with E-state index in [-0.39, 0.29) is 18.0 Å². The van der Waals surface area contributed by atoms with E-state index in [4.69, 9.17) is 4.74 Å². The molecule has 0 saturated heterocycles. The van der Waals surface area contributed by atoms with Gasteiger partial charge in [-0.3, -0.25) is 9.59 Å². The summed E-state index contributed by atoms with van der Waals surface area (Å²) in [6, 6.07) is 0. The number of hydrogen-bond donors (Lipinski definition) is 0. The summed E-state index contributed by atoms with van der Waals surface area (Å²) in [6.07, 6.45) is 20.7. The number of methoxy groups -OCH3 is 1. The molecule has 0 amide bonds. The first kappa shape index (κ1) is 23.2. The normalized spacial score (nSPS) is 12.9. The van der Waals surface area contributed by atoms with Crippen LogP contribution in [0.25, 0.3) is 0 Å². The molecule has 0 saturated carbocycles. The topological polar surface area (TPSA) is 52.6 Å². The molecule has 0 aliphatic heterocycles. The van der Waals surface area contributed by atoms with Gasteiger partial charge in [-0.1, -0.05) is 56.6 Å². The Balaban J connectivity index is 3.81. The van der Waals surface area contributed by atoms with Crippen LogP contribution in [-0.2, 0) is 19.1 Å². The highest BCUT2D eigenvalue weighted by Crippen LogP contribution is 2.08. The van der Waals surface area contributed by atoms with E-state index in [0.29, 0.717) is 12.8 Å². The number of esters is 2. The van der Waals surface area contributed by atoms with Crippen LogP contribution >= 0.6 is 0 Å². The van der Waals surface area contributed by atoms with Gasteiger partial charge in [0.2, 0.25) is 0 Å². The molecule has 0 radical (unpaired) electrons. The fraction of sp³-hybridized carbons (Fsp3) is 0.619. The molecule has 0 aromatic rings. The fourth-order valence-corrected chi connectivity index (χ4v) is 2.30. The van der Waals surface area contributed by atoms with E-state index in [1.165, 1.54) is 20.5 Å². The Morgan fingerprint density at radius 1 is 0.960 bits per heavy atom. The molecule has 4 nitrogen and oxygen atoms in total. The molecule has 0 unspecified atom stereocenters. The molecule has 0 aromatic heterocycles. The van der Waals surface area contributed by atoms with Crippen molar-refractivity contribution in [1.82, 2.24) is 0 Å². The van der Waals surface area contributed by atoms with Gasteiger partial charge in [-0.2, -0.15) is 0 Å². The third-order valence-electron chi connectivity index (χ3n) is 3.64. The highest BCUT2D eigenvalue weighted by atomic mass is 16.5. The average molecular weight is 350 g/mol. The molecule has 0 N–H and O–H groups in total. The lowest BCUT2D eigenvalue weighted by Crippen LogP contribution is -2.12. The molecule has 25 heavy (non-hydrogen) atoms. The number of ether oxygens (including phenoxy) is 2. The lowest BCUT2D eigenvalue weighted by molar-refractivity contribution is -0.144. The van der Waals surface area contributed by atoms with Crippen LogP contribution in [0.2, 0.25) is 0 Å². The van der Waals surface area contributed by atoms with E-state index in [9.17, 15) is 9.59 Å². The van der Waals surface area contributed by atoms with Gasteiger partial charge in [0.05, 0.1) is 7.11 Å². The van der Waals surface area contributed by atoms with Crippen LogP contribution in [-0.4, -0.2) is 25.2 Å². The predicted octanol–water partition coefficient (Wildman–Crippen LogP) is 5.29. The second kappa shape index (κ2) is 17.0. The van der Waals surface area contributed by atoms with Gasteiger partial charge in [0, 0.05) is 19.8 Å². The Labute approximate surface area is 153 Å². The maximum atomic E-state index is 11.1. The average Bonchev–Trinajstić information content (AvgIpc) is 2.58. The van der Waals surface area contributed by atoms with Gasteiger partial charge in [-0.15, -0.1) is 0 Å². The maximum absolute atomic E-state index is 11.1. The smallest absolute Gasteiger partial charge is 0.305 e. The molecule has 4 heteroatoms. The summed E-state index contributed by atoms with van der Waals surface area (Å²) in [4.78, 5) is 22.1. The molecular weight excluding hydrogens is 316 g/mol. The standard InChI is InChI=1S/C21H34O4/c1-4-5-13-16-20(25-19(2)22)17-14-11-9-7-6-8-10-12-15-18-21(23)24-3/h5,9,11,13-14,17,20H,4,6-8,10,12,15-16,18H2,1-3H3/b11-9-,13-5-,17-14+/t20-/m1/s1. The van der Waals surface area contributed by atoms with Gasteiger partial charge in [0.1, 0.15) is 6.10 Å². The van der Waals surface area contributed by atoms with Crippen LogP contribution in [0.3, 0.4) is 0 Å². The monoisotopic (exact) mass is 350 g/mol. The summed E-state index contributed by atoms with van der Waals surface area (Å²) >= 11 is 0. The zero-order chi connectivity index (χ0) is 18.8. The first-order chi connectivity index (χ1) is 12.1. The van der Waals surface area contributed by atoms with Crippen LogP contribution in [0.1, 0.15) is 71.6 Å². The fourth-order valence-electron chi connectivity index (χ4n) is 2.30. The van der Waals surface area contributed by atoms with Gasteiger partial charge in [-0.25, -0.2) is 0 Å². The van der Waals surface area contributed by atoms with Gasteiger partial charge >= 0.3 is 11.9 Å². The third kappa shape index (κ3) is 16.8. The van der Waals surface area contributed by atoms with Crippen molar-refractivity contribution in [2.24, 2.45) is 0 Å². The van der Waals surface area contributed by atoms with E-state index in [1.807, 2.05) is 24.3 Å². The minimum atomic E-state index is -0.254. The minimum Gasteiger partial charge on any atom is -0.469 e. The Morgan fingerprint density at radius 2 is 1.68 bits per heavy atom. The molecule has 0 aromatic carbocycles. The summed E-state index contributed by atoms with van der Waals surface area (Å²) in [5.41, 5.74) is 0. The number of carbonyl (C=O) groups is 2.